The van der Waals surface area contributed by atoms with E-state index in [1.165, 1.54) is 31.6 Å². The number of rotatable bonds is 9. The molecule has 0 saturated carbocycles. The highest BCUT2D eigenvalue weighted by Crippen LogP contribution is 2.20. The van der Waals surface area contributed by atoms with Gasteiger partial charge in [0.1, 0.15) is 5.75 Å². The van der Waals surface area contributed by atoms with Crippen molar-refractivity contribution in [2.24, 2.45) is 0 Å². The summed E-state index contributed by atoms with van der Waals surface area (Å²) in [5.74, 6) is -0.724. The van der Waals surface area contributed by atoms with Gasteiger partial charge < -0.3 is 19.8 Å². The first-order valence-electron chi connectivity index (χ1n) is 9.45. The van der Waals surface area contributed by atoms with Crippen LogP contribution in [-0.4, -0.2) is 40.4 Å². The van der Waals surface area contributed by atoms with E-state index in [0.717, 1.165) is 0 Å². The van der Waals surface area contributed by atoms with Crippen LogP contribution in [0.1, 0.15) is 26.5 Å². The molecule has 0 aliphatic rings. The van der Waals surface area contributed by atoms with Crippen LogP contribution in [0.4, 0.5) is 0 Å². The van der Waals surface area contributed by atoms with E-state index < -0.39 is 15.7 Å². The zero-order valence-corrected chi connectivity index (χ0v) is 17.6. The molecule has 3 aromatic rings. The van der Waals surface area contributed by atoms with Gasteiger partial charge in [0, 0.05) is 24.2 Å². The van der Waals surface area contributed by atoms with Gasteiger partial charge in [0.05, 0.1) is 24.0 Å². The largest absolute Gasteiger partial charge is 0.497 e. The summed E-state index contributed by atoms with van der Waals surface area (Å²) in [6.45, 7) is 0.320. The van der Waals surface area contributed by atoms with Crippen LogP contribution < -0.4 is 15.4 Å². The average Bonchev–Trinajstić information content (AvgIpc) is 3.24. The lowest BCUT2D eigenvalue weighted by Crippen LogP contribution is -2.34. The van der Waals surface area contributed by atoms with Crippen LogP contribution >= 0.6 is 0 Å². The second-order valence-corrected chi connectivity index (χ2v) is 8.58. The summed E-state index contributed by atoms with van der Waals surface area (Å²) >= 11 is 0. The van der Waals surface area contributed by atoms with Crippen molar-refractivity contribution in [1.82, 2.24) is 10.6 Å². The molecular formula is C22H22N2O6S. The highest BCUT2D eigenvalue weighted by Gasteiger charge is 2.22. The SMILES string of the molecule is COc1cccc(C(=O)NCCNC(=O)c2occc2CS(=O)(=O)c2ccccc2)c1. The normalized spacial score (nSPS) is 11.0. The van der Waals surface area contributed by atoms with Crippen LogP contribution in [0.3, 0.4) is 0 Å². The van der Waals surface area contributed by atoms with Crippen molar-refractivity contribution >= 4 is 21.7 Å². The van der Waals surface area contributed by atoms with Gasteiger partial charge in [0.2, 0.25) is 0 Å². The summed E-state index contributed by atoms with van der Waals surface area (Å²) in [6.07, 6.45) is 1.27. The number of amides is 2. The molecule has 0 radical (unpaired) electrons. The Morgan fingerprint density at radius 3 is 2.35 bits per heavy atom. The highest BCUT2D eigenvalue weighted by atomic mass is 32.2. The van der Waals surface area contributed by atoms with Gasteiger partial charge in [0.15, 0.2) is 15.6 Å². The van der Waals surface area contributed by atoms with Crippen LogP contribution in [0.5, 0.6) is 5.75 Å². The van der Waals surface area contributed by atoms with Crippen molar-refractivity contribution in [3.05, 3.63) is 83.8 Å². The lowest BCUT2D eigenvalue weighted by molar-refractivity contribution is 0.0910. The molecule has 0 aliphatic heterocycles. The molecule has 162 valence electrons. The number of hydrogen-bond acceptors (Lipinski definition) is 6. The molecule has 2 N–H and O–H groups in total. The second-order valence-electron chi connectivity index (χ2n) is 6.59. The number of hydrogen-bond donors (Lipinski definition) is 2. The number of furan rings is 1. The Balaban J connectivity index is 1.54. The van der Waals surface area contributed by atoms with Crippen LogP contribution in [0.15, 0.2) is 76.2 Å². The average molecular weight is 442 g/mol. The van der Waals surface area contributed by atoms with Crippen molar-refractivity contribution in [1.29, 1.82) is 0 Å². The van der Waals surface area contributed by atoms with Crippen LogP contribution in [0.2, 0.25) is 0 Å². The summed E-state index contributed by atoms with van der Waals surface area (Å²) in [4.78, 5) is 24.8. The minimum Gasteiger partial charge on any atom is -0.497 e. The summed E-state index contributed by atoms with van der Waals surface area (Å²) in [6, 6.07) is 16.1. The first-order valence-corrected chi connectivity index (χ1v) is 11.1. The summed E-state index contributed by atoms with van der Waals surface area (Å²) < 4.78 is 35.4. The molecule has 0 aliphatic carbocycles. The Bertz CT molecular complexity index is 1160. The second kappa shape index (κ2) is 9.94. The molecule has 0 bridgehead atoms. The van der Waals surface area contributed by atoms with Crippen molar-refractivity contribution in [3.8, 4) is 5.75 Å². The quantitative estimate of drug-likeness (QED) is 0.492. The predicted molar refractivity (Wildman–Crippen MR) is 114 cm³/mol. The maximum atomic E-state index is 12.6. The van der Waals surface area contributed by atoms with E-state index in [1.807, 2.05) is 0 Å². The number of sulfone groups is 1. The number of carbonyl (C=O) groups is 2. The Morgan fingerprint density at radius 1 is 0.935 bits per heavy atom. The molecule has 9 heteroatoms. The third kappa shape index (κ3) is 5.73. The number of benzene rings is 2. The van der Waals surface area contributed by atoms with E-state index in [4.69, 9.17) is 9.15 Å². The summed E-state index contributed by atoms with van der Waals surface area (Å²) in [5, 5.41) is 5.30. The maximum absolute atomic E-state index is 12.6. The number of nitrogens with one attached hydrogen (secondary N) is 2. The molecule has 0 atom stereocenters. The highest BCUT2D eigenvalue weighted by molar-refractivity contribution is 7.90. The fraction of sp³-hybridized carbons (Fsp3) is 0.182. The molecule has 0 unspecified atom stereocenters. The molecule has 0 spiro atoms. The minimum absolute atomic E-state index is 0.0707. The molecule has 2 aromatic carbocycles. The smallest absolute Gasteiger partial charge is 0.287 e. The fourth-order valence-corrected chi connectivity index (χ4v) is 4.24. The van der Waals surface area contributed by atoms with E-state index in [1.54, 1.807) is 42.5 Å². The lowest BCUT2D eigenvalue weighted by atomic mass is 10.2. The predicted octanol–water partition coefficient (Wildman–Crippen LogP) is 2.42. The fourth-order valence-electron chi connectivity index (χ4n) is 2.86. The van der Waals surface area contributed by atoms with E-state index in [0.29, 0.717) is 11.3 Å². The molecule has 0 saturated heterocycles. The molecule has 31 heavy (non-hydrogen) atoms. The number of carbonyl (C=O) groups excluding carboxylic acids is 2. The topological polar surface area (TPSA) is 115 Å². The Morgan fingerprint density at radius 2 is 1.65 bits per heavy atom. The molecule has 1 heterocycles. The van der Waals surface area contributed by atoms with Crippen molar-refractivity contribution in [3.63, 3.8) is 0 Å². The summed E-state index contributed by atoms with van der Waals surface area (Å²) in [7, 11) is -2.10. The van der Waals surface area contributed by atoms with Crippen molar-refractivity contribution in [2.45, 2.75) is 10.6 Å². The first-order chi connectivity index (χ1) is 14.9. The van der Waals surface area contributed by atoms with Gasteiger partial charge in [0.25, 0.3) is 11.8 Å². The van der Waals surface area contributed by atoms with Crippen LogP contribution in [0.25, 0.3) is 0 Å². The Labute approximate surface area is 180 Å². The standard InChI is InChI=1S/C22H22N2O6S/c1-29-18-7-5-6-16(14-18)21(25)23-11-12-24-22(26)20-17(10-13-30-20)15-31(27,28)19-8-3-2-4-9-19/h2-10,13-14H,11-12,15H2,1H3,(H,23,25)(H,24,26). The maximum Gasteiger partial charge on any atom is 0.287 e. The van der Waals surface area contributed by atoms with Crippen molar-refractivity contribution < 1.29 is 27.2 Å². The van der Waals surface area contributed by atoms with Crippen LogP contribution in [0, 0.1) is 0 Å². The Hall–Kier alpha value is -3.59. The molecule has 1 aromatic heterocycles. The zero-order chi connectivity index (χ0) is 22.3. The molecule has 8 nitrogen and oxygen atoms in total. The first kappa shape index (κ1) is 22.1. The van der Waals surface area contributed by atoms with E-state index in [-0.39, 0.29) is 41.0 Å². The van der Waals surface area contributed by atoms with Crippen molar-refractivity contribution in [2.75, 3.05) is 20.2 Å². The lowest BCUT2D eigenvalue weighted by Gasteiger charge is -2.08. The third-order valence-corrected chi connectivity index (χ3v) is 6.11. The van der Waals surface area contributed by atoms with Gasteiger partial charge in [-0.3, -0.25) is 9.59 Å². The minimum atomic E-state index is -3.62. The summed E-state index contributed by atoms with van der Waals surface area (Å²) in [5.41, 5.74) is 0.701. The Kier molecular flexibility index (Phi) is 7.09. The van der Waals surface area contributed by atoms with Gasteiger partial charge in [-0.25, -0.2) is 8.42 Å². The van der Waals surface area contributed by atoms with Gasteiger partial charge >= 0.3 is 0 Å². The van der Waals surface area contributed by atoms with E-state index in [9.17, 15) is 18.0 Å². The molecule has 2 amide bonds. The van der Waals surface area contributed by atoms with Gasteiger partial charge in [-0.2, -0.15) is 0 Å². The molecule has 3 rings (SSSR count). The number of methoxy groups -OCH3 is 1. The molecule has 0 fully saturated rings. The van der Waals surface area contributed by atoms with Gasteiger partial charge in [-0.15, -0.1) is 0 Å². The third-order valence-electron chi connectivity index (χ3n) is 4.43. The monoisotopic (exact) mass is 442 g/mol. The van der Waals surface area contributed by atoms with Gasteiger partial charge in [-0.1, -0.05) is 24.3 Å². The van der Waals surface area contributed by atoms with Gasteiger partial charge in [-0.05, 0) is 36.4 Å². The van der Waals surface area contributed by atoms with E-state index in [2.05, 4.69) is 10.6 Å². The van der Waals surface area contributed by atoms with Crippen LogP contribution in [-0.2, 0) is 15.6 Å². The van der Waals surface area contributed by atoms with E-state index >= 15 is 0 Å². The number of ether oxygens (including phenoxy) is 1. The molecular weight excluding hydrogens is 420 g/mol. The zero-order valence-electron chi connectivity index (χ0n) is 16.8.